The van der Waals surface area contributed by atoms with Crippen LogP contribution in [0.25, 0.3) is 0 Å². The molecule has 1 rings (SSSR count). The fraction of sp³-hybridized carbons (Fsp3) is 0.364. The summed E-state index contributed by atoms with van der Waals surface area (Å²) in [5.41, 5.74) is 0.0750. The first-order valence-corrected chi connectivity index (χ1v) is 5.07. The van der Waals surface area contributed by atoms with Crippen molar-refractivity contribution in [1.29, 1.82) is 0 Å². The summed E-state index contributed by atoms with van der Waals surface area (Å²) >= 11 is 0. The highest BCUT2D eigenvalue weighted by Crippen LogP contribution is 2.36. The Kier molecular flexibility index (Phi) is 4.12. The summed E-state index contributed by atoms with van der Waals surface area (Å²) < 4.78 is 74.0. The van der Waals surface area contributed by atoms with Crippen LogP contribution in [0, 0.1) is 0 Å². The molecular weight excluding hydrogens is 276 g/mol. The van der Waals surface area contributed by atoms with Crippen molar-refractivity contribution in [2.75, 3.05) is 0 Å². The topological polar surface area (TPSA) is 20.3 Å². The number of hydrogen-bond donors (Lipinski definition) is 0. The molecule has 0 heterocycles. The Labute approximate surface area is 104 Å². The van der Waals surface area contributed by atoms with E-state index in [4.69, 9.17) is 0 Å². The van der Waals surface area contributed by atoms with Gasteiger partial charge in [0.15, 0.2) is 0 Å². The predicted molar refractivity (Wildman–Crippen MR) is 53.8 cm³/mol. The zero-order valence-electron chi connectivity index (χ0n) is 9.59. The summed E-state index contributed by atoms with van der Waals surface area (Å²) in [6.07, 6.45) is -11.6. The summed E-state index contributed by atoms with van der Waals surface area (Å²) in [5, 5.41) is 0. The molecule has 0 aromatic heterocycles. The van der Waals surface area contributed by atoms with Crippen molar-refractivity contribution in [2.24, 2.45) is 0 Å². The highest BCUT2D eigenvalue weighted by Gasteiger charge is 2.57. The molecule has 0 N–H and O–H groups in total. The van der Waals surface area contributed by atoms with E-state index in [-0.39, 0.29) is 5.56 Å². The molecular formula is C11H9F6NO. The Morgan fingerprint density at radius 2 is 1.42 bits per heavy atom. The van der Waals surface area contributed by atoms with Gasteiger partial charge in [0.1, 0.15) is 0 Å². The maximum absolute atomic E-state index is 12.3. The number of rotatable bonds is 2. The van der Waals surface area contributed by atoms with Crippen LogP contribution in [0.5, 0.6) is 0 Å². The van der Waals surface area contributed by atoms with E-state index in [9.17, 15) is 31.1 Å². The molecule has 106 valence electrons. The number of amides is 1. The van der Waals surface area contributed by atoms with E-state index in [1.807, 2.05) is 0 Å². The molecule has 2 nitrogen and oxygen atoms in total. The van der Waals surface area contributed by atoms with Gasteiger partial charge in [0.2, 0.25) is 5.91 Å². The molecule has 0 bridgehead atoms. The molecule has 0 aliphatic rings. The summed E-state index contributed by atoms with van der Waals surface area (Å²) in [6.45, 7) is 0.988. The van der Waals surface area contributed by atoms with Gasteiger partial charge in [0.25, 0.3) is 0 Å². The van der Waals surface area contributed by atoms with E-state index in [1.165, 1.54) is 30.3 Å². The van der Waals surface area contributed by atoms with Crippen LogP contribution >= 0.6 is 0 Å². The minimum Gasteiger partial charge on any atom is -0.274 e. The third-order valence-corrected chi connectivity index (χ3v) is 2.40. The Bertz CT molecular complexity index is 425. The van der Waals surface area contributed by atoms with Gasteiger partial charge in [-0.2, -0.15) is 4.90 Å². The first-order valence-electron chi connectivity index (χ1n) is 5.07. The number of carbonyl (C=O) groups excluding carboxylic acids is 1. The van der Waals surface area contributed by atoms with E-state index < -0.39 is 29.3 Å². The van der Waals surface area contributed by atoms with Crippen LogP contribution in [0.15, 0.2) is 30.3 Å². The smallest absolute Gasteiger partial charge is 0.274 e. The molecule has 0 fully saturated rings. The lowest BCUT2D eigenvalue weighted by Gasteiger charge is -2.29. The summed E-state index contributed by atoms with van der Waals surface area (Å²) in [7, 11) is 0. The first kappa shape index (κ1) is 15.3. The summed E-state index contributed by atoms with van der Waals surface area (Å²) in [5.74, 6) is -3.62. The van der Waals surface area contributed by atoms with Crippen molar-refractivity contribution in [1.82, 2.24) is 4.90 Å². The van der Waals surface area contributed by atoms with Crippen molar-refractivity contribution in [2.45, 2.75) is 25.4 Å². The van der Waals surface area contributed by atoms with Crippen molar-refractivity contribution >= 4 is 5.91 Å². The molecule has 0 aliphatic heterocycles. The van der Waals surface area contributed by atoms with Crippen molar-refractivity contribution in [3.63, 3.8) is 0 Å². The van der Waals surface area contributed by atoms with Crippen molar-refractivity contribution in [3.8, 4) is 0 Å². The van der Waals surface area contributed by atoms with Crippen LogP contribution in [-0.2, 0) is 4.79 Å². The molecule has 1 aromatic rings. The summed E-state index contributed by atoms with van der Waals surface area (Å²) in [4.78, 5) is 9.42. The standard InChI is InChI=1S/C11H9F6NO/c1-7(8-5-3-2-4-6-8)9(19)18(10(12,13)14)11(15,16)17/h2-7H,1H3. The lowest BCUT2D eigenvalue weighted by Crippen LogP contribution is -2.53. The second-order valence-corrected chi connectivity index (χ2v) is 3.74. The average Bonchev–Trinajstić information content (AvgIpc) is 2.25. The number of benzene rings is 1. The van der Waals surface area contributed by atoms with Crippen LogP contribution in [0.1, 0.15) is 18.4 Å². The van der Waals surface area contributed by atoms with E-state index >= 15 is 0 Å². The van der Waals surface area contributed by atoms with Gasteiger partial charge in [0, 0.05) is 0 Å². The molecule has 8 heteroatoms. The molecule has 1 aromatic carbocycles. The second kappa shape index (κ2) is 5.10. The monoisotopic (exact) mass is 285 g/mol. The number of nitrogens with zero attached hydrogens (tertiary/aromatic N) is 1. The Hall–Kier alpha value is -1.73. The minimum absolute atomic E-state index is 0.0750. The van der Waals surface area contributed by atoms with Crippen LogP contribution in [0.2, 0.25) is 0 Å². The van der Waals surface area contributed by atoms with Crippen molar-refractivity contribution in [3.05, 3.63) is 35.9 Å². The minimum atomic E-state index is -5.81. The van der Waals surface area contributed by atoms with Crippen molar-refractivity contribution < 1.29 is 31.1 Å². The third-order valence-electron chi connectivity index (χ3n) is 2.40. The average molecular weight is 285 g/mol. The highest BCUT2D eigenvalue weighted by atomic mass is 19.4. The lowest BCUT2D eigenvalue weighted by atomic mass is 10.00. The number of halogens is 6. The fourth-order valence-corrected chi connectivity index (χ4v) is 1.47. The zero-order valence-corrected chi connectivity index (χ0v) is 9.59. The zero-order chi connectivity index (χ0) is 14.8. The molecule has 0 aliphatic carbocycles. The van der Waals surface area contributed by atoms with E-state index in [0.29, 0.717) is 0 Å². The normalized spacial score (nSPS) is 14.1. The molecule has 0 saturated heterocycles. The molecule has 0 spiro atoms. The van der Waals surface area contributed by atoms with E-state index in [0.717, 1.165) is 6.92 Å². The second-order valence-electron chi connectivity index (χ2n) is 3.74. The third kappa shape index (κ3) is 3.62. The Morgan fingerprint density at radius 3 is 1.79 bits per heavy atom. The molecule has 0 radical (unpaired) electrons. The number of carbonyl (C=O) groups is 1. The van der Waals surface area contributed by atoms with Gasteiger partial charge in [0.05, 0.1) is 5.92 Å². The van der Waals surface area contributed by atoms with Gasteiger partial charge < -0.3 is 0 Å². The maximum atomic E-state index is 12.3. The van der Waals surface area contributed by atoms with E-state index in [1.54, 1.807) is 0 Å². The predicted octanol–water partition coefficient (Wildman–Crippen LogP) is 3.66. The SMILES string of the molecule is CC(C(=O)N(C(F)(F)F)C(F)(F)F)c1ccccc1. The number of alkyl halides is 6. The quantitative estimate of drug-likeness (QED) is 0.600. The summed E-state index contributed by atoms with van der Waals surface area (Å²) in [6, 6.07) is 6.95. The molecule has 19 heavy (non-hydrogen) atoms. The first-order chi connectivity index (χ1) is 8.55. The van der Waals surface area contributed by atoms with Gasteiger partial charge in [-0.15, -0.1) is 26.3 Å². The fourth-order valence-electron chi connectivity index (χ4n) is 1.47. The van der Waals surface area contributed by atoms with Gasteiger partial charge in [-0.1, -0.05) is 30.3 Å². The van der Waals surface area contributed by atoms with Gasteiger partial charge in [-0.05, 0) is 12.5 Å². The molecule has 1 atom stereocenters. The van der Waals surface area contributed by atoms with Gasteiger partial charge >= 0.3 is 12.6 Å². The molecule has 1 amide bonds. The molecule has 0 saturated carbocycles. The number of hydrogen-bond acceptors (Lipinski definition) is 1. The largest absolute Gasteiger partial charge is 0.494 e. The Balaban J connectivity index is 3.09. The van der Waals surface area contributed by atoms with Crippen LogP contribution in [0.3, 0.4) is 0 Å². The van der Waals surface area contributed by atoms with Crippen LogP contribution < -0.4 is 0 Å². The Morgan fingerprint density at radius 1 is 1.00 bits per heavy atom. The van der Waals surface area contributed by atoms with Crippen LogP contribution in [-0.4, -0.2) is 23.4 Å². The maximum Gasteiger partial charge on any atom is 0.494 e. The van der Waals surface area contributed by atoms with E-state index in [2.05, 4.69) is 0 Å². The van der Waals surface area contributed by atoms with Gasteiger partial charge in [-0.25, -0.2) is 0 Å². The van der Waals surface area contributed by atoms with Gasteiger partial charge in [-0.3, -0.25) is 4.79 Å². The molecule has 1 unspecified atom stereocenters. The van der Waals surface area contributed by atoms with Crippen LogP contribution in [0.4, 0.5) is 26.3 Å². The lowest BCUT2D eigenvalue weighted by molar-refractivity contribution is -0.356. The highest BCUT2D eigenvalue weighted by molar-refractivity contribution is 5.83.